The summed E-state index contributed by atoms with van der Waals surface area (Å²) in [6, 6.07) is 8.70. The van der Waals surface area contributed by atoms with E-state index in [0.717, 1.165) is 11.3 Å². The zero-order valence-electron chi connectivity index (χ0n) is 11.6. The largest absolute Gasteiger partial charge is 0.480 e. The average Bonchev–Trinajstić information content (AvgIpc) is 3.03. The van der Waals surface area contributed by atoms with Gasteiger partial charge in [0, 0.05) is 25.5 Å². The molecule has 2 aromatic rings. The fourth-order valence-corrected chi connectivity index (χ4v) is 2.58. The van der Waals surface area contributed by atoms with Crippen molar-refractivity contribution in [1.29, 1.82) is 0 Å². The van der Waals surface area contributed by atoms with E-state index in [1.54, 1.807) is 10.9 Å². The molecule has 1 N–H and O–H groups in total. The summed E-state index contributed by atoms with van der Waals surface area (Å²) >= 11 is 0. The van der Waals surface area contributed by atoms with Crippen LogP contribution in [0.3, 0.4) is 0 Å². The van der Waals surface area contributed by atoms with Crippen LogP contribution in [-0.4, -0.2) is 52.1 Å². The number of hydrogen-bond acceptors (Lipinski definition) is 4. The SMILES string of the molecule is O=C(O)C(c1ccc(-n2cccn2)cc1)N1CCOCC1. The van der Waals surface area contributed by atoms with Crippen LogP contribution in [0.5, 0.6) is 0 Å². The lowest BCUT2D eigenvalue weighted by Gasteiger charge is -2.32. The number of carbonyl (C=O) groups is 1. The molecule has 1 aliphatic heterocycles. The van der Waals surface area contributed by atoms with Crippen molar-refractivity contribution in [2.45, 2.75) is 6.04 Å². The third kappa shape index (κ3) is 2.96. The Labute approximate surface area is 122 Å². The van der Waals surface area contributed by atoms with E-state index in [1.807, 2.05) is 41.4 Å². The first-order valence-electron chi connectivity index (χ1n) is 6.90. The predicted molar refractivity (Wildman–Crippen MR) is 76.3 cm³/mol. The van der Waals surface area contributed by atoms with Gasteiger partial charge in [0.05, 0.1) is 18.9 Å². The zero-order chi connectivity index (χ0) is 14.7. The Bertz CT molecular complexity index is 589. The van der Waals surface area contributed by atoms with Gasteiger partial charge in [-0.1, -0.05) is 12.1 Å². The molecule has 0 radical (unpaired) electrons. The van der Waals surface area contributed by atoms with E-state index >= 15 is 0 Å². The van der Waals surface area contributed by atoms with Gasteiger partial charge in [-0.15, -0.1) is 0 Å². The zero-order valence-corrected chi connectivity index (χ0v) is 11.6. The maximum absolute atomic E-state index is 11.6. The van der Waals surface area contributed by atoms with E-state index in [4.69, 9.17) is 4.74 Å². The fourth-order valence-electron chi connectivity index (χ4n) is 2.58. The van der Waals surface area contributed by atoms with Crippen molar-refractivity contribution in [2.24, 2.45) is 0 Å². The molecule has 21 heavy (non-hydrogen) atoms. The Hall–Kier alpha value is -2.18. The normalized spacial score (nSPS) is 17.5. The van der Waals surface area contributed by atoms with Crippen LogP contribution in [-0.2, 0) is 9.53 Å². The van der Waals surface area contributed by atoms with E-state index in [0.29, 0.717) is 26.3 Å². The molecule has 6 heteroatoms. The first-order chi connectivity index (χ1) is 10.3. The highest BCUT2D eigenvalue weighted by Crippen LogP contribution is 2.23. The van der Waals surface area contributed by atoms with Gasteiger partial charge < -0.3 is 9.84 Å². The molecule has 110 valence electrons. The number of benzene rings is 1. The maximum Gasteiger partial charge on any atom is 0.325 e. The van der Waals surface area contributed by atoms with Crippen molar-refractivity contribution in [3.8, 4) is 5.69 Å². The molecule has 0 amide bonds. The summed E-state index contributed by atoms with van der Waals surface area (Å²) in [5, 5.41) is 13.7. The standard InChI is InChI=1S/C15H17N3O3/c19-15(20)14(17-8-10-21-11-9-17)12-2-4-13(5-3-12)18-7-1-6-16-18/h1-7,14H,8-11H2,(H,19,20). The Morgan fingerprint density at radius 1 is 1.24 bits per heavy atom. The second kappa shape index (κ2) is 6.07. The van der Waals surface area contributed by atoms with Crippen molar-refractivity contribution in [2.75, 3.05) is 26.3 Å². The van der Waals surface area contributed by atoms with E-state index in [2.05, 4.69) is 5.10 Å². The van der Waals surface area contributed by atoms with E-state index in [-0.39, 0.29) is 0 Å². The minimum atomic E-state index is -0.830. The minimum Gasteiger partial charge on any atom is -0.480 e. The van der Waals surface area contributed by atoms with Crippen molar-refractivity contribution in [3.63, 3.8) is 0 Å². The Kier molecular flexibility index (Phi) is 3.98. The molecule has 1 fully saturated rings. The molecule has 1 aliphatic rings. The van der Waals surface area contributed by atoms with Gasteiger partial charge in [-0.25, -0.2) is 4.68 Å². The van der Waals surface area contributed by atoms with Crippen molar-refractivity contribution in [1.82, 2.24) is 14.7 Å². The average molecular weight is 287 g/mol. The third-order valence-electron chi connectivity index (χ3n) is 3.62. The van der Waals surface area contributed by atoms with Crippen LogP contribution in [0.4, 0.5) is 0 Å². The first kappa shape index (κ1) is 13.8. The van der Waals surface area contributed by atoms with Crippen molar-refractivity contribution in [3.05, 3.63) is 48.3 Å². The third-order valence-corrected chi connectivity index (χ3v) is 3.62. The van der Waals surface area contributed by atoms with Gasteiger partial charge in [0.2, 0.25) is 0 Å². The van der Waals surface area contributed by atoms with Crippen LogP contribution in [0.1, 0.15) is 11.6 Å². The molecule has 0 bridgehead atoms. The number of rotatable bonds is 4. The number of carboxylic acid groups (broad SMARTS) is 1. The number of aliphatic carboxylic acids is 1. The van der Waals surface area contributed by atoms with Gasteiger partial charge in [0.15, 0.2) is 0 Å². The Morgan fingerprint density at radius 3 is 2.52 bits per heavy atom. The van der Waals surface area contributed by atoms with Crippen molar-refractivity contribution < 1.29 is 14.6 Å². The van der Waals surface area contributed by atoms with Crippen LogP contribution >= 0.6 is 0 Å². The highest BCUT2D eigenvalue weighted by Gasteiger charge is 2.28. The number of morpholine rings is 1. The molecular weight excluding hydrogens is 270 g/mol. The highest BCUT2D eigenvalue weighted by molar-refractivity contribution is 5.75. The lowest BCUT2D eigenvalue weighted by atomic mass is 10.0. The molecule has 0 saturated carbocycles. The molecule has 1 saturated heterocycles. The molecule has 3 rings (SSSR count). The minimum absolute atomic E-state index is 0.579. The summed E-state index contributed by atoms with van der Waals surface area (Å²) < 4.78 is 7.03. The van der Waals surface area contributed by atoms with Gasteiger partial charge in [-0.05, 0) is 23.8 Å². The van der Waals surface area contributed by atoms with Gasteiger partial charge in [-0.3, -0.25) is 9.69 Å². The van der Waals surface area contributed by atoms with E-state index in [1.165, 1.54) is 0 Å². The van der Waals surface area contributed by atoms with Crippen LogP contribution in [0.2, 0.25) is 0 Å². The van der Waals surface area contributed by atoms with Crippen LogP contribution in [0.25, 0.3) is 5.69 Å². The van der Waals surface area contributed by atoms with E-state index < -0.39 is 12.0 Å². The second-order valence-corrected chi connectivity index (χ2v) is 4.93. The molecule has 0 aliphatic carbocycles. The first-order valence-corrected chi connectivity index (χ1v) is 6.90. The number of aromatic nitrogens is 2. The summed E-state index contributed by atoms with van der Waals surface area (Å²) in [6.45, 7) is 2.43. The van der Waals surface area contributed by atoms with Gasteiger partial charge in [-0.2, -0.15) is 5.10 Å². The van der Waals surface area contributed by atoms with Crippen LogP contribution < -0.4 is 0 Å². The lowest BCUT2D eigenvalue weighted by Crippen LogP contribution is -2.42. The fraction of sp³-hybridized carbons (Fsp3) is 0.333. The monoisotopic (exact) mass is 287 g/mol. The highest BCUT2D eigenvalue weighted by atomic mass is 16.5. The summed E-state index contributed by atoms with van der Waals surface area (Å²) in [4.78, 5) is 13.6. The Balaban J connectivity index is 1.84. The molecule has 1 aromatic heterocycles. The summed E-state index contributed by atoms with van der Waals surface area (Å²) in [6.07, 6.45) is 3.56. The molecular formula is C15H17N3O3. The predicted octanol–water partition coefficient (Wildman–Crippen LogP) is 1.33. The molecule has 6 nitrogen and oxygen atoms in total. The Morgan fingerprint density at radius 2 is 1.95 bits per heavy atom. The molecule has 2 heterocycles. The lowest BCUT2D eigenvalue weighted by molar-refractivity contribution is -0.145. The van der Waals surface area contributed by atoms with Gasteiger partial charge >= 0.3 is 5.97 Å². The van der Waals surface area contributed by atoms with Gasteiger partial charge in [0.1, 0.15) is 6.04 Å². The smallest absolute Gasteiger partial charge is 0.325 e. The van der Waals surface area contributed by atoms with Gasteiger partial charge in [0.25, 0.3) is 0 Å². The van der Waals surface area contributed by atoms with Crippen LogP contribution in [0.15, 0.2) is 42.7 Å². The van der Waals surface area contributed by atoms with Crippen molar-refractivity contribution >= 4 is 5.97 Å². The quantitative estimate of drug-likeness (QED) is 0.919. The number of ether oxygens (including phenoxy) is 1. The molecule has 0 spiro atoms. The van der Waals surface area contributed by atoms with E-state index in [9.17, 15) is 9.90 Å². The number of hydrogen-bond donors (Lipinski definition) is 1. The number of carboxylic acids is 1. The summed E-state index contributed by atoms with van der Waals surface area (Å²) in [7, 11) is 0. The second-order valence-electron chi connectivity index (χ2n) is 4.93. The molecule has 1 atom stereocenters. The number of nitrogens with zero attached hydrogens (tertiary/aromatic N) is 3. The molecule has 1 unspecified atom stereocenters. The van der Waals surface area contributed by atoms with Crippen LogP contribution in [0, 0.1) is 0 Å². The maximum atomic E-state index is 11.6. The topological polar surface area (TPSA) is 67.6 Å². The summed E-state index contributed by atoms with van der Waals surface area (Å²) in [5.41, 5.74) is 1.69. The molecule has 1 aromatic carbocycles. The summed E-state index contributed by atoms with van der Waals surface area (Å²) in [5.74, 6) is -0.830.